The van der Waals surface area contributed by atoms with Crippen molar-refractivity contribution >= 4 is 12.0 Å². The average molecular weight is 421 g/mol. The van der Waals surface area contributed by atoms with Crippen molar-refractivity contribution in [2.75, 3.05) is 13.7 Å². The molecule has 5 rings (SSSR count). The van der Waals surface area contributed by atoms with E-state index in [4.69, 9.17) is 9.47 Å². The molecule has 0 aliphatic carbocycles. The van der Waals surface area contributed by atoms with Crippen molar-refractivity contribution in [1.29, 1.82) is 0 Å². The van der Waals surface area contributed by atoms with Crippen molar-refractivity contribution in [2.45, 2.75) is 50.3 Å². The molecule has 0 unspecified atom stereocenters. The van der Waals surface area contributed by atoms with Gasteiger partial charge in [-0.1, -0.05) is 18.6 Å². The molecule has 0 amide bonds. The molecule has 31 heavy (non-hydrogen) atoms. The zero-order valence-electron chi connectivity index (χ0n) is 17.6. The van der Waals surface area contributed by atoms with Crippen LogP contribution in [0.2, 0.25) is 0 Å². The number of piperidine rings is 2. The average Bonchev–Trinajstić information content (AvgIpc) is 2.77. The van der Waals surface area contributed by atoms with Crippen LogP contribution in [-0.2, 0) is 9.53 Å². The lowest BCUT2D eigenvalue weighted by atomic mass is 9.81. The summed E-state index contributed by atoms with van der Waals surface area (Å²) >= 11 is 0. The first-order chi connectivity index (χ1) is 15.0. The lowest BCUT2D eigenvalue weighted by Crippen LogP contribution is -2.49. The third-order valence-corrected chi connectivity index (χ3v) is 6.83. The fourth-order valence-corrected chi connectivity index (χ4v) is 5.41. The first-order valence-corrected chi connectivity index (χ1v) is 10.9. The zero-order chi connectivity index (χ0) is 21.5. The number of phenolic OH excluding ortho intramolecular Hbond substituents is 2. The monoisotopic (exact) mass is 421 g/mol. The fraction of sp³-hybridized carbons (Fsp3) is 0.400. The van der Waals surface area contributed by atoms with Crippen molar-refractivity contribution in [3.8, 4) is 28.4 Å². The Morgan fingerprint density at radius 2 is 1.97 bits per heavy atom. The molecule has 4 bridgehead atoms. The molecule has 0 radical (unpaired) electrons. The maximum Gasteiger partial charge on any atom is 0.331 e. The SMILES string of the molecule is COc1ccc2c(c1O)-c1cc(ccc1O)C=CC(=O)O[C@H]1C[C@@H]3CCCCN3[C@H]2C1. The Morgan fingerprint density at radius 1 is 1.10 bits per heavy atom. The minimum absolute atomic E-state index is 0.0150. The van der Waals surface area contributed by atoms with Gasteiger partial charge in [0.15, 0.2) is 11.5 Å². The maximum absolute atomic E-state index is 12.5. The van der Waals surface area contributed by atoms with Crippen molar-refractivity contribution in [2.24, 2.45) is 0 Å². The number of methoxy groups -OCH3 is 1. The molecule has 2 saturated heterocycles. The summed E-state index contributed by atoms with van der Waals surface area (Å²) in [7, 11) is 1.52. The van der Waals surface area contributed by atoms with Crippen LogP contribution in [0.15, 0.2) is 36.4 Å². The number of esters is 1. The van der Waals surface area contributed by atoms with Gasteiger partial charge in [-0.05, 0) is 54.8 Å². The minimum atomic E-state index is -0.346. The number of benzene rings is 2. The number of ether oxygens (including phenoxy) is 2. The zero-order valence-corrected chi connectivity index (χ0v) is 17.6. The second kappa shape index (κ2) is 7.93. The van der Waals surface area contributed by atoms with E-state index in [0.717, 1.165) is 43.4 Å². The molecule has 3 atom stereocenters. The summed E-state index contributed by atoms with van der Waals surface area (Å²) in [5.74, 6) is 0.103. The van der Waals surface area contributed by atoms with Crippen LogP contribution >= 0.6 is 0 Å². The smallest absolute Gasteiger partial charge is 0.331 e. The van der Waals surface area contributed by atoms with Gasteiger partial charge >= 0.3 is 5.97 Å². The second-order valence-electron chi connectivity index (χ2n) is 8.62. The molecule has 3 aliphatic heterocycles. The summed E-state index contributed by atoms with van der Waals surface area (Å²) < 4.78 is 11.2. The van der Waals surface area contributed by atoms with Gasteiger partial charge in [0.05, 0.1) is 7.11 Å². The van der Waals surface area contributed by atoms with Gasteiger partial charge in [-0.25, -0.2) is 4.79 Å². The largest absolute Gasteiger partial charge is 0.507 e. The van der Waals surface area contributed by atoms with Crippen LogP contribution in [-0.4, -0.2) is 46.9 Å². The van der Waals surface area contributed by atoms with E-state index in [1.54, 1.807) is 30.3 Å². The number of hydrogen-bond acceptors (Lipinski definition) is 6. The molecule has 6 nitrogen and oxygen atoms in total. The van der Waals surface area contributed by atoms with Gasteiger partial charge < -0.3 is 19.7 Å². The molecular formula is C25H27NO5. The van der Waals surface area contributed by atoms with Crippen LogP contribution < -0.4 is 4.74 Å². The molecule has 3 heterocycles. The highest BCUT2D eigenvalue weighted by molar-refractivity contribution is 5.88. The van der Waals surface area contributed by atoms with Gasteiger partial charge in [-0.2, -0.15) is 0 Å². The molecule has 6 heteroatoms. The fourth-order valence-electron chi connectivity index (χ4n) is 5.41. The van der Waals surface area contributed by atoms with E-state index in [2.05, 4.69) is 4.90 Å². The predicted octanol–water partition coefficient (Wildman–Crippen LogP) is 4.40. The normalized spacial score (nSPS) is 25.5. The van der Waals surface area contributed by atoms with E-state index in [1.165, 1.54) is 13.2 Å². The number of fused-ring (bicyclic) bond motifs is 9. The second-order valence-corrected chi connectivity index (χ2v) is 8.62. The lowest BCUT2D eigenvalue weighted by Gasteiger charge is -2.48. The van der Waals surface area contributed by atoms with Gasteiger partial charge in [0, 0.05) is 42.1 Å². The highest BCUT2D eigenvalue weighted by Gasteiger charge is 2.40. The minimum Gasteiger partial charge on any atom is -0.507 e. The van der Waals surface area contributed by atoms with Crippen LogP contribution in [0.25, 0.3) is 17.2 Å². The third-order valence-electron chi connectivity index (χ3n) is 6.83. The Bertz CT molecular complexity index is 1050. The molecule has 0 saturated carbocycles. The van der Waals surface area contributed by atoms with Gasteiger partial charge in [0.25, 0.3) is 0 Å². The Labute approximate surface area is 181 Å². The quantitative estimate of drug-likeness (QED) is 0.665. The van der Waals surface area contributed by atoms with Crippen LogP contribution in [0.3, 0.4) is 0 Å². The van der Waals surface area contributed by atoms with E-state index in [9.17, 15) is 15.0 Å². The standard InChI is InChI=1S/C25H27NO5/c1-30-22-9-7-18-20-14-17(13-16-4-2-3-11-26(16)20)31-23(28)10-6-15-5-8-21(27)19(12-15)24(18)25(22)29/h5-10,12,16-17,20,27,29H,2-4,11,13-14H2,1H3/t16-,17-,20-/m0/s1. The Hall–Kier alpha value is -2.99. The van der Waals surface area contributed by atoms with Crippen LogP contribution in [0.4, 0.5) is 0 Å². The Kier molecular flexibility index (Phi) is 5.10. The number of phenols is 2. The molecule has 3 aliphatic rings. The Balaban J connectivity index is 1.76. The van der Waals surface area contributed by atoms with Crippen molar-refractivity contribution in [1.82, 2.24) is 4.90 Å². The van der Waals surface area contributed by atoms with E-state index >= 15 is 0 Å². The molecular weight excluding hydrogens is 394 g/mol. The van der Waals surface area contributed by atoms with Gasteiger partial charge in [0.1, 0.15) is 11.9 Å². The molecule has 2 N–H and O–H groups in total. The summed E-state index contributed by atoms with van der Waals surface area (Å²) in [4.78, 5) is 15.0. The van der Waals surface area contributed by atoms with E-state index in [0.29, 0.717) is 29.3 Å². The Morgan fingerprint density at radius 3 is 2.81 bits per heavy atom. The van der Waals surface area contributed by atoms with E-state index in [1.807, 2.05) is 6.07 Å². The number of carbonyl (C=O) groups excluding carboxylic acids is 1. The molecule has 0 spiro atoms. The number of rotatable bonds is 1. The summed E-state index contributed by atoms with van der Waals surface area (Å²) in [5.41, 5.74) is 2.76. The van der Waals surface area contributed by atoms with Crippen molar-refractivity contribution in [3.05, 3.63) is 47.5 Å². The number of aromatic hydroxyl groups is 2. The topological polar surface area (TPSA) is 79.2 Å². The first-order valence-electron chi connectivity index (χ1n) is 10.9. The van der Waals surface area contributed by atoms with Crippen LogP contribution in [0.5, 0.6) is 17.2 Å². The van der Waals surface area contributed by atoms with Gasteiger partial charge in [-0.3, -0.25) is 4.90 Å². The number of carbonyl (C=O) groups is 1. The summed E-state index contributed by atoms with van der Waals surface area (Å²) in [6.45, 7) is 0.966. The van der Waals surface area contributed by atoms with Crippen molar-refractivity contribution in [3.63, 3.8) is 0 Å². The van der Waals surface area contributed by atoms with Crippen molar-refractivity contribution < 1.29 is 24.5 Å². The van der Waals surface area contributed by atoms with Crippen LogP contribution in [0.1, 0.15) is 49.3 Å². The number of nitrogens with zero attached hydrogens (tertiary/aromatic N) is 1. The predicted molar refractivity (Wildman–Crippen MR) is 117 cm³/mol. The number of hydrogen-bond donors (Lipinski definition) is 2. The van der Waals surface area contributed by atoms with Crippen LogP contribution in [0, 0.1) is 0 Å². The molecule has 162 valence electrons. The van der Waals surface area contributed by atoms with Gasteiger partial charge in [0.2, 0.25) is 0 Å². The summed E-state index contributed by atoms with van der Waals surface area (Å²) in [6.07, 6.45) is 7.75. The maximum atomic E-state index is 12.5. The highest BCUT2D eigenvalue weighted by Crippen LogP contribution is 2.49. The molecule has 0 aromatic heterocycles. The highest BCUT2D eigenvalue weighted by atomic mass is 16.5. The third kappa shape index (κ3) is 3.55. The summed E-state index contributed by atoms with van der Waals surface area (Å²) in [5, 5.41) is 21.9. The summed E-state index contributed by atoms with van der Waals surface area (Å²) in [6, 6.07) is 9.14. The molecule has 2 fully saturated rings. The van der Waals surface area contributed by atoms with Gasteiger partial charge in [-0.15, -0.1) is 0 Å². The molecule has 2 aromatic carbocycles. The lowest BCUT2D eigenvalue weighted by molar-refractivity contribution is -0.148. The van der Waals surface area contributed by atoms with E-state index in [-0.39, 0.29) is 29.6 Å². The van der Waals surface area contributed by atoms with E-state index < -0.39 is 0 Å². The molecule has 2 aromatic rings. The first kappa shape index (κ1) is 19.9.